The number of para-hydroxylation sites is 1. The number of nitrogens with one attached hydrogen (secondary N) is 1. The van der Waals surface area contributed by atoms with Crippen molar-refractivity contribution in [3.05, 3.63) is 41.1 Å². The van der Waals surface area contributed by atoms with E-state index in [2.05, 4.69) is 15.4 Å². The van der Waals surface area contributed by atoms with Gasteiger partial charge in [0.2, 0.25) is 11.8 Å². The fraction of sp³-hybridized carbons (Fsp3) is 0.389. The van der Waals surface area contributed by atoms with Crippen molar-refractivity contribution in [2.24, 2.45) is 0 Å². The van der Waals surface area contributed by atoms with Crippen LogP contribution in [0.1, 0.15) is 5.76 Å². The Morgan fingerprint density at radius 1 is 1.22 bits per heavy atom. The third-order valence-electron chi connectivity index (χ3n) is 4.18. The second-order valence-electron chi connectivity index (χ2n) is 6.18. The quantitative estimate of drug-likeness (QED) is 0.791. The largest absolute Gasteiger partial charge is 0.367 e. The molecule has 0 unspecified atom stereocenters. The van der Waals surface area contributed by atoms with Gasteiger partial charge in [0.15, 0.2) is 5.82 Å². The van der Waals surface area contributed by atoms with Crippen LogP contribution in [0, 0.1) is 6.92 Å². The summed E-state index contributed by atoms with van der Waals surface area (Å²) in [7, 11) is 0. The Balaban J connectivity index is 1.38. The van der Waals surface area contributed by atoms with Gasteiger partial charge >= 0.3 is 0 Å². The molecule has 2 amide bonds. The molecule has 1 aromatic carbocycles. The monoisotopic (exact) mass is 408 g/mol. The molecular weight excluding hydrogens is 388 g/mol. The predicted octanol–water partition coefficient (Wildman–Crippen LogP) is 2.66. The zero-order chi connectivity index (χ0) is 19.2. The number of nitrogens with zero attached hydrogens (tertiary/aromatic N) is 3. The molecule has 9 heteroatoms. The van der Waals surface area contributed by atoms with Gasteiger partial charge in [-0.05, 0) is 19.1 Å². The SMILES string of the molecule is Cc1cc(NC(=O)CSCC(=O)N2CCN(c3ccccc3Cl)CC2)no1. The van der Waals surface area contributed by atoms with Gasteiger partial charge in [0.1, 0.15) is 5.76 Å². The lowest BCUT2D eigenvalue weighted by Gasteiger charge is -2.36. The molecule has 0 bridgehead atoms. The van der Waals surface area contributed by atoms with Gasteiger partial charge in [0, 0.05) is 32.2 Å². The zero-order valence-corrected chi connectivity index (χ0v) is 16.6. The van der Waals surface area contributed by atoms with E-state index in [1.807, 2.05) is 29.2 Å². The van der Waals surface area contributed by atoms with Gasteiger partial charge in [0.05, 0.1) is 22.2 Å². The lowest BCUT2D eigenvalue weighted by molar-refractivity contribution is -0.128. The molecule has 1 saturated heterocycles. The lowest BCUT2D eigenvalue weighted by Crippen LogP contribution is -2.49. The van der Waals surface area contributed by atoms with E-state index in [0.717, 1.165) is 23.8 Å². The highest BCUT2D eigenvalue weighted by molar-refractivity contribution is 8.00. The highest BCUT2D eigenvalue weighted by atomic mass is 35.5. The van der Waals surface area contributed by atoms with Crippen LogP contribution in [0.3, 0.4) is 0 Å². The molecule has 1 aliphatic heterocycles. The second-order valence-corrected chi connectivity index (χ2v) is 7.58. The van der Waals surface area contributed by atoms with Crippen LogP contribution in [0.5, 0.6) is 0 Å². The first-order valence-electron chi connectivity index (χ1n) is 8.61. The molecule has 2 heterocycles. The second kappa shape index (κ2) is 9.14. The summed E-state index contributed by atoms with van der Waals surface area (Å²) in [6.45, 7) is 4.53. The van der Waals surface area contributed by atoms with Crippen molar-refractivity contribution in [2.75, 3.05) is 47.9 Å². The Morgan fingerprint density at radius 2 is 1.96 bits per heavy atom. The van der Waals surface area contributed by atoms with E-state index in [0.29, 0.717) is 24.7 Å². The molecule has 0 radical (unpaired) electrons. The van der Waals surface area contributed by atoms with Crippen molar-refractivity contribution in [1.29, 1.82) is 0 Å². The smallest absolute Gasteiger partial charge is 0.235 e. The first-order valence-corrected chi connectivity index (χ1v) is 10.1. The standard InChI is InChI=1S/C18H21ClN4O3S/c1-13-10-16(21-26-13)20-17(24)11-27-12-18(25)23-8-6-22(7-9-23)15-5-3-2-4-14(15)19/h2-5,10H,6-9,11-12H2,1H3,(H,20,21,24). The van der Waals surface area contributed by atoms with E-state index < -0.39 is 0 Å². The van der Waals surface area contributed by atoms with Gasteiger partial charge in [-0.2, -0.15) is 0 Å². The summed E-state index contributed by atoms with van der Waals surface area (Å²) < 4.78 is 4.89. The number of anilines is 2. The lowest BCUT2D eigenvalue weighted by atomic mass is 10.2. The highest BCUT2D eigenvalue weighted by Crippen LogP contribution is 2.26. The maximum atomic E-state index is 12.4. The van der Waals surface area contributed by atoms with Crippen LogP contribution < -0.4 is 10.2 Å². The van der Waals surface area contributed by atoms with Crippen LogP contribution in [-0.4, -0.2) is 59.6 Å². The van der Waals surface area contributed by atoms with Crippen LogP contribution in [0.2, 0.25) is 5.02 Å². The van der Waals surface area contributed by atoms with Crippen molar-refractivity contribution >= 4 is 46.7 Å². The van der Waals surface area contributed by atoms with Crippen LogP contribution in [-0.2, 0) is 9.59 Å². The van der Waals surface area contributed by atoms with Gasteiger partial charge in [-0.1, -0.05) is 28.9 Å². The third-order valence-corrected chi connectivity index (χ3v) is 5.42. The molecule has 3 rings (SSSR count). The third kappa shape index (κ3) is 5.40. The molecule has 1 N–H and O–H groups in total. The number of hydrogen-bond donors (Lipinski definition) is 1. The average Bonchev–Trinajstić information content (AvgIpc) is 3.07. The number of halogens is 1. The van der Waals surface area contributed by atoms with Crippen molar-refractivity contribution in [1.82, 2.24) is 10.1 Å². The Bertz CT molecular complexity index is 805. The van der Waals surface area contributed by atoms with Crippen LogP contribution in [0.4, 0.5) is 11.5 Å². The summed E-state index contributed by atoms with van der Waals surface area (Å²) in [6, 6.07) is 9.37. The van der Waals surface area contributed by atoms with Crippen LogP contribution in [0.25, 0.3) is 0 Å². The zero-order valence-electron chi connectivity index (χ0n) is 15.0. The van der Waals surface area contributed by atoms with Crippen molar-refractivity contribution in [2.45, 2.75) is 6.92 Å². The summed E-state index contributed by atoms with van der Waals surface area (Å²) in [5.41, 5.74) is 1.00. The number of carbonyl (C=O) groups is 2. The molecule has 1 fully saturated rings. The topological polar surface area (TPSA) is 78.7 Å². The summed E-state index contributed by atoms with van der Waals surface area (Å²) in [6.07, 6.45) is 0. The van der Waals surface area contributed by atoms with Gasteiger partial charge in [-0.25, -0.2) is 0 Å². The highest BCUT2D eigenvalue weighted by Gasteiger charge is 2.22. The Labute approximate surface area is 167 Å². The van der Waals surface area contributed by atoms with Crippen molar-refractivity contribution in [3.8, 4) is 0 Å². The normalized spacial score (nSPS) is 14.3. The minimum atomic E-state index is -0.204. The van der Waals surface area contributed by atoms with E-state index >= 15 is 0 Å². The van der Waals surface area contributed by atoms with E-state index in [1.54, 1.807) is 13.0 Å². The molecule has 144 valence electrons. The minimum Gasteiger partial charge on any atom is -0.367 e. The fourth-order valence-corrected chi connectivity index (χ4v) is 3.80. The molecule has 0 saturated carbocycles. The van der Waals surface area contributed by atoms with Gasteiger partial charge in [0.25, 0.3) is 0 Å². The number of piperazine rings is 1. The Hall–Kier alpha value is -2.19. The molecule has 0 aliphatic carbocycles. The Kier molecular flexibility index (Phi) is 6.63. The van der Waals surface area contributed by atoms with Crippen molar-refractivity contribution in [3.63, 3.8) is 0 Å². The molecule has 0 spiro atoms. The maximum absolute atomic E-state index is 12.4. The average molecular weight is 409 g/mol. The molecule has 1 aromatic heterocycles. The van der Waals surface area contributed by atoms with Gasteiger partial charge < -0.3 is 19.6 Å². The van der Waals surface area contributed by atoms with Gasteiger partial charge in [-0.15, -0.1) is 11.8 Å². The van der Waals surface area contributed by atoms with E-state index in [9.17, 15) is 9.59 Å². The number of carbonyl (C=O) groups excluding carboxylic acids is 2. The van der Waals surface area contributed by atoms with Gasteiger partial charge in [-0.3, -0.25) is 9.59 Å². The van der Waals surface area contributed by atoms with Crippen LogP contribution >= 0.6 is 23.4 Å². The molecule has 1 aliphatic rings. The van der Waals surface area contributed by atoms with E-state index in [-0.39, 0.29) is 23.3 Å². The molecule has 0 atom stereocenters. The summed E-state index contributed by atoms with van der Waals surface area (Å²) in [4.78, 5) is 28.2. The van der Waals surface area contributed by atoms with E-state index in [1.165, 1.54) is 11.8 Å². The molecule has 2 aromatic rings. The number of hydrogen-bond acceptors (Lipinski definition) is 6. The van der Waals surface area contributed by atoms with Crippen LogP contribution in [0.15, 0.2) is 34.9 Å². The summed E-state index contributed by atoms with van der Waals surface area (Å²) in [5, 5.41) is 7.07. The minimum absolute atomic E-state index is 0.0453. The Morgan fingerprint density at radius 3 is 2.63 bits per heavy atom. The number of aryl methyl sites for hydroxylation is 1. The van der Waals surface area contributed by atoms with Crippen molar-refractivity contribution < 1.29 is 14.1 Å². The number of amides is 2. The number of aromatic nitrogens is 1. The molecular formula is C18H21ClN4O3S. The fourth-order valence-electron chi connectivity index (χ4n) is 2.83. The first kappa shape index (κ1) is 19.6. The first-order chi connectivity index (χ1) is 13.0. The number of thioether (sulfide) groups is 1. The summed E-state index contributed by atoms with van der Waals surface area (Å²) in [5.74, 6) is 1.33. The summed E-state index contributed by atoms with van der Waals surface area (Å²) >= 11 is 7.53. The maximum Gasteiger partial charge on any atom is 0.235 e. The number of rotatable bonds is 6. The molecule has 27 heavy (non-hydrogen) atoms. The van der Waals surface area contributed by atoms with E-state index in [4.69, 9.17) is 16.1 Å². The number of benzene rings is 1. The molecule has 7 nitrogen and oxygen atoms in total. The predicted molar refractivity (Wildman–Crippen MR) is 107 cm³/mol.